The Morgan fingerprint density at radius 3 is 2.72 bits per heavy atom. The number of hydrogen-bond donors (Lipinski definition) is 1. The summed E-state index contributed by atoms with van der Waals surface area (Å²) in [5.74, 6) is 0.493. The van der Waals surface area contributed by atoms with Gasteiger partial charge in [0.1, 0.15) is 0 Å². The van der Waals surface area contributed by atoms with Crippen LogP contribution in [-0.4, -0.2) is 36.1 Å². The van der Waals surface area contributed by atoms with Gasteiger partial charge in [0.05, 0.1) is 4.92 Å². The molecule has 0 unspecified atom stereocenters. The van der Waals surface area contributed by atoms with Crippen molar-refractivity contribution in [2.24, 2.45) is 0 Å². The quantitative estimate of drug-likeness (QED) is 0.668. The Morgan fingerprint density at radius 2 is 2.17 bits per heavy atom. The molecule has 1 aliphatic rings. The lowest BCUT2D eigenvalue weighted by Gasteiger charge is -2.32. The van der Waals surface area contributed by atoms with Gasteiger partial charge in [-0.3, -0.25) is 10.1 Å². The van der Waals surface area contributed by atoms with Gasteiger partial charge in [-0.2, -0.15) is 0 Å². The maximum Gasteiger partial charge on any atom is 0.311 e. The highest BCUT2D eigenvalue weighted by molar-refractivity contribution is 5.85. The second kappa shape index (κ2) is 6.51. The third-order valence-electron chi connectivity index (χ3n) is 3.17. The van der Waals surface area contributed by atoms with Crippen LogP contribution in [0.1, 0.15) is 12.8 Å². The Kier molecular flexibility index (Phi) is 5.30. The summed E-state index contributed by atoms with van der Waals surface area (Å²) >= 11 is 0. The monoisotopic (exact) mass is 272 g/mol. The minimum Gasteiger partial charge on any atom is -0.351 e. The van der Waals surface area contributed by atoms with Gasteiger partial charge in [0.2, 0.25) is 5.82 Å². The standard InChI is InChI=1S/C11H16N4O2.ClH/c1-12-9-4-7-14(8-5-9)11-10(15(16)17)3-2-6-13-11;/h2-3,6,9,12H,4-5,7-8H2,1H3;1H. The summed E-state index contributed by atoms with van der Waals surface area (Å²) in [6.45, 7) is 1.62. The van der Waals surface area contributed by atoms with E-state index in [4.69, 9.17) is 0 Å². The second-order valence-corrected chi connectivity index (χ2v) is 4.15. The van der Waals surface area contributed by atoms with Gasteiger partial charge in [-0.1, -0.05) is 0 Å². The molecule has 6 nitrogen and oxygen atoms in total. The third kappa shape index (κ3) is 3.08. The maximum atomic E-state index is 10.9. The highest BCUT2D eigenvalue weighted by atomic mass is 35.5. The van der Waals surface area contributed by atoms with E-state index in [0.717, 1.165) is 25.9 Å². The molecule has 1 fully saturated rings. The molecule has 1 saturated heterocycles. The number of halogens is 1. The number of nitrogens with zero attached hydrogens (tertiary/aromatic N) is 3. The van der Waals surface area contributed by atoms with Gasteiger partial charge in [0, 0.05) is 31.4 Å². The molecule has 0 bridgehead atoms. The van der Waals surface area contributed by atoms with Crippen molar-refractivity contribution in [2.45, 2.75) is 18.9 Å². The molecule has 0 spiro atoms. The molecular weight excluding hydrogens is 256 g/mol. The molecule has 0 atom stereocenters. The highest BCUT2D eigenvalue weighted by Crippen LogP contribution is 2.27. The Morgan fingerprint density at radius 1 is 1.50 bits per heavy atom. The van der Waals surface area contributed by atoms with E-state index in [1.165, 1.54) is 6.07 Å². The molecule has 7 heteroatoms. The largest absolute Gasteiger partial charge is 0.351 e. The van der Waals surface area contributed by atoms with Crippen LogP contribution in [0, 0.1) is 10.1 Å². The predicted octanol–water partition coefficient (Wildman–Crippen LogP) is 1.60. The fourth-order valence-electron chi connectivity index (χ4n) is 2.15. The van der Waals surface area contributed by atoms with Crippen molar-refractivity contribution in [3.05, 3.63) is 28.4 Å². The maximum absolute atomic E-state index is 10.9. The molecule has 1 N–H and O–H groups in total. The van der Waals surface area contributed by atoms with Crippen molar-refractivity contribution in [1.29, 1.82) is 0 Å². The Bertz CT molecular complexity index is 408. The molecule has 100 valence electrons. The number of anilines is 1. The van der Waals surface area contributed by atoms with Crippen LogP contribution in [0.2, 0.25) is 0 Å². The van der Waals surface area contributed by atoms with E-state index in [1.54, 1.807) is 12.3 Å². The summed E-state index contributed by atoms with van der Waals surface area (Å²) in [5.41, 5.74) is 0.0930. The fraction of sp³-hybridized carbons (Fsp3) is 0.545. The summed E-state index contributed by atoms with van der Waals surface area (Å²) in [4.78, 5) is 16.7. The Labute approximate surface area is 112 Å². The van der Waals surface area contributed by atoms with Crippen molar-refractivity contribution in [2.75, 3.05) is 25.0 Å². The van der Waals surface area contributed by atoms with Gasteiger partial charge < -0.3 is 10.2 Å². The SMILES string of the molecule is CNC1CCN(c2ncccc2[N+](=O)[O-])CC1.Cl. The summed E-state index contributed by atoms with van der Waals surface area (Å²) in [5, 5.41) is 14.1. The Balaban J connectivity index is 0.00000162. The average molecular weight is 273 g/mol. The lowest BCUT2D eigenvalue weighted by molar-refractivity contribution is -0.384. The predicted molar refractivity (Wildman–Crippen MR) is 72.4 cm³/mol. The minimum absolute atomic E-state index is 0. The van der Waals surface area contributed by atoms with Gasteiger partial charge in [-0.15, -0.1) is 12.4 Å². The van der Waals surface area contributed by atoms with Crippen LogP contribution in [0.3, 0.4) is 0 Å². The van der Waals surface area contributed by atoms with Crippen molar-refractivity contribution in [3.63, 3.8) is 0 Å². The first-order valence-corrected chi connectivity index (χ1v) is 5.74. The van der Waals surface area contributed by atoms with Crippen molar-refractivity contribution in [1.82, 2.24) is 10.3 Å². The first-order valence-electron chi connectivity index (χ1n) is 5.74. The van der Waals surface area contributed by atoms with E-state index in [9.17, 15) is 10.1 Å². The highest BCUT2D eigenvalue weighted by Gasteiger charge is 2.24. The van der Waals surface area contributed by atoms with E-state index in [1.807, 2.05) is 11.9 Å². The molecule has 0 radical (unpaired) electrons. The number of hydrogen-bond acceptors (Lipinski definition) is 5. The molecule has 1 aliphatic heterocycles. The van der Waals surface area contributed by atoms with E-state index in [2.05, 4.69) is 10.3 Å². The topological polar surface area (TPSA) is 71.3 Å². The van der Waals surface area contributed by atoms with E-state index in [-0.39, 0.29) is 23.0 Å². The van der Waals surface area contributed by atoms with Gasteiger partial charge in [-0.25, -0.2) is 4.98 Å². The van der Waals surface area contributed by atoms with Gasteiger partial charge >= 0.3 is 5.69 Å². The fourth-order valence-corrected chi connectivity index (χ4v) is 2.15. The van der Waals surface area contributed by atoms with Crippen molar-refractivity contribution < 1.29 is 4.92 Å². The summed E-state index contributed by atoms with van der Waals surface area (Å²) in [7, 11) is 1.95. The molecule has 0 aromatic carbocycles. The van der Waals surface area contributed by atoms with E-state index < -0.39 is 0 Å². The molecule has 1 aromatic rings. The summed E-state index contributed by atoms with van der Waals surface area (Å²) in [6, 6.07) is 3.61. The van der Waals surface area contributed by atoms with Gasteiger partial charge in [0.15, 0.2) is 0 Å². The lowest BCUT2D eigenvalue weighted by atomic mass is 10.1. The molecule has 0 saturated carbocycles. The molecule has 0 aliphatic carbocycles. The normalized spacial score (nSPS) is 16.2. The van der Waals surface area contributed by atoms with E-state index in [0.29, 0.717) is 11.9 Å². The number of piperidine rings is 1. The Hall–Kier alpha value is -1.40. The first-order chi connectivity index (χ1) is 8.22. The van der Waals surface area contributed by atoms with Crippen LogP contribution >= 0.6 is 12.4 Å². The van der Waals surface area contributed by atoms with Gasteiger partial charge in [0.25, 0.3) is 0 Å². The van der Waals surface area contributed by atoms with Crippen LogP contribution in [0.5, 0.6) is 0 Å². The minimum atomic E-state index is -0.369. The van der Waals surface area contributed by atoms with Crippen LogP contribution in [0.4, 0.5) is 11.5 Å². The third-order valence-corrected chi connectivity index (χ3v) is 3.17. The van der Waals surface area contributed by atoms with Crippen LogP contribution in [-0.2, 0) is 0 Å². The number of aromatic nitrogens is 1. The number of rotatable bonds is 3. The van der Waals surface area contributed by atoms with Crippen LogP contribution < -0.4 is 10.2 Å². The van der Waals surface area contributed by atoms with Crippen molar-refractivity contribution >= 4 is 23.9 Å². The molecule has 1 aromatic heterocycles. The zero-order valence-electron chi connectivity index (χ0n) is 10.2. The zero-order valence-corrected chi connectivity index (χ0v) is 11.0. The summed E-state index contributed by atoms with van der Waals surface area (Å²) < 4.78 is 0. The zero-order chi connectivity index (χ0) is 12.3. The summed E-state index contributed by atoms with van der Waals surface area (Å²) in [6.07, 6.45) is 3.58. The molecular formula is C11H17ClN4O2. The van der Waals surface area contributed by atoms with Crippen molar-refractivity contribution in [3.8, 4) is 0 Å². The second-order valence-electron chi connectivity index (χ2n) is 4.15. The number of nitrogens with one attached hydrogen (secondary N) is 1. The van der Waals surface area contributed by atoms with Gasteiger partial charge in [-0.05, 0) is 26.0 Å². The van der Waals surface area contributed by atoms with E-state index >= 15 is 0 Å². The molecule has 0 amide bonds. The number of pyridine rings is 1. The van der Waals surface area contributed by atoms with Crippen LogP contribution in [0.25, 0.3) is 0 Å². The first kappa shape index (κ1) is 14.7. The molecule has 18 heavy (non-hydrogen) atoms. The lowest BCUT2D eigenvalue weighted by Crippen LogP contribution is -2.41. The average Bonchev–Trinajstić information content (AvgIpc) is 2.39. The number of nitro groups is 1. The molecule has 2 heterocycles. The smallest absolute Gasteiger partial charge is 0.311 e. The van der Waals surface area contributed by atoms with Crippen LogP contribution in [0.15, 0.2) is 18.3 Å². The molecule has 2 rings (SSSR count).